The van der Waals surface area contributed by atoms with E-state index in [1.54, 1.807) is 0 Å². The molecule has 2 atom stereocenters. The van der Waals surface area contributed by atoms with E-state index in [0.29, 0.717) is 0 Å². The Labute approximate surface area is 128 Å². The Morgan fingerprint density at radius 2 is 2.10 bits per heavy atom. The Morgan fingerprint density at radius 3 is 2.76 bits per heavy atom. The maximum atomic E-state index is 6.66. The first kappa shape index (κ1) is 14.8. The van der Waals surface area contributed by atoms with Crippen molar-refractivity contribution in [1.29, 1.82) is 0 Å². The van der Waals surface area contributed by atoms with Crippen molar-refractivity contribution in [3.8, 4) is 0 Å². The van der Waals surface area contributed by atoms with Crippen molar-refractivity contribution in [2.75, 3.05) is 37.6 Å². The summed E-state index contributed by atoms with van der Waals surface area (Å²) in [6.45, 7) is 7.73. The summed E-state index contributed by atoms with van der Waals surface area (Å²) in [4.78, 5) is 9.38. The molecular weight excluding hydrogens is 260 g/mol. The Hall–Kier alpha value is -1.13. The standard InChI is InChI=1S/C17H28N4/c1-15-5-4-7-17(18,13-15)14-20-9-11-21(12-10-20)16-6-2-3-8-19-16/h2-3,6,8,15H,4-5,7,9-14,18H2,1H3. The van der Waals surface area contributed by atoms with Crippen LogP contribution in [0.15, 0.2) is 24.4 Å². The van der Waals surface area contributed by atoms with Crippen LogP contribution in [0, 0.1) is 5.92 Å². The van der Waals surface area contributed by atoms with Gasteiger partial charge in [-0.1, -0.05) is 25.8 Å². The van der Waals surface area contributed by atoms with Gasteiger partial charge < -0.3 is 10.6 Å². The lowest BCUT2D eigenvalue weighted by atomic mass is 9.76. The number of hydrogen-bond acceptors (Lipinski definition) is 4. The molecule has 0 bridgehead atoms. The first-order valence-electron chi connectivity index (χ1n) is 8.32. The normalized spacial score (nSPS) is 31.3. The fraction of sp³-hybridized carbons (Fsp3) is 0.706. The number of anilines is 1. The molecule has 0 amide bonds. The molecule has 1 aromatic heterocycles. The molecule has 4 heteroatoms. The van der Waals surface area contributed by atoms with Gasteiger partial charge in [0.05, 0.1) is 0 Å². The van der Waals surface area contributed by atoms with E-state index in [-0.39, 0.29) is 5.54 Å². The summed E-state index contributed by atoms with van der Waals surface area (Å²) < 4.78 is 0. The lowest BCUT2D eigenvalue weighted by Gasteiger charge is -2.43. The molecule has 116 valence electrons. The van der Waals surface area contributed by atoms with Crippen LogP contribution in [0.2, 0.25) is 0 Å². The zero-order chi connectivity index (χ0) is 14.7. The molecule has 1 aliphatic carbocycles. The Balaban J connectivity index is 1.52. The fourth-order valence-corrected chi connectivity index (χ4v) is 3.97. The lowest BCUT2D eigenvalue weighted by molar-refractivity contribution is 0.145. The van der Waals surface area contributed by atoms with Gasteiger partial charge in [0.25, 0.3) is 0 Å². The summed E-state index contributed by atoms with van der Waals surface area (Å²) in [7, 11) is 0. The highest BCUT2D eigenvalue weighted by Crippen LogP contribution is 2.31. The monoisotopic (exact) mass is 288 g/mol. The minimum atomic E-state index is 0.0465. The van der Waals surface area contributed by atoms with Gasteiger partial charge in [-0.15, -0.1) is 0 Å². The van der Waals surface area contributed by atoms with Crippen LogP contribution in [0.5, 0.6) is 0 Å². The van der Waals surface area contributed by atoms with Crippen LogP contribution in [0.25, 0.3) is 0 Å². The molecule has 1 saturated heterocycles. The summed E-state index contributed by atoms with van der Waals surface area (Å²) in [5.74, 6) is 1.89. The number of nitrogens with two attached hydrogens (primary N) is 1. The van der Waals surface area contributed by atoms with Crippen LogP contribution in [-0.4, -0.2) is 48.1 Å². The number of aromatic nitrogens is 1. The van der Waals surface area contributed by atoms with Crippen LogP contribution in [-0.2, 0) is 0 Å². The molecule has 2 unspecified atom stereocenters. The van der Waals surface area contributed by atoms with E-state index in [4.69, 9.17) is 5.73 Å². The van der Waals surface area contributed by atoms with Gasteiger partial charge in [-0.2, -0.15) is 0 Å². The van der Waals surface area contributed by atoms with Crippen LogP contribution in [0.4, 0.5) is 5.82 Å². The number of piperazine rings is 1. The smallest absolute Gasteiger partial charge is 0.128 e. The van der Waals surface area contributed by atoms with E-state index in [9.17, 15) is 0 Å². The molecule has 4 nitrogen and oxygen atoms in total. The average molecular weight is 288 g/mol. The minimum Gasteiger partial charge on any atom is -0.354 e. The van der Waals surface area contributed by atoms with E-state index in [1.807, 2.05) is 12.3 Å². The second-order valence-electron chi connectivity index (χ2n) is 7.02. The average Bonchev–Trinajstić information content (AvgIpc) is 2.48. The molecule has 21 heavy (non-hydrogen) atoms. The van der Waals surface area contributed by atoms with Gasteiger partial charge in [-0.3, -0.25) is 4.90 Å². The van der Waals surface area contributed by atoms with Gasteiger partial charge >= 0.3 is 0 Å². The molecule has 2 fully saturated rings. The molecule has 2 heterocycles. The summed E-state index contributed by atoms with van der Waals surface area (Å²) in [5, 5.41) is 0. The van der Waals surface area contributed by atoms with Crippen molar-refractivity contribution in [3.05, 3.63) is 24.4 Å². The fourth-order valence-electron chi connectivity index (χ4n) is 3.97. The minimum absolute atomic E-state index is 0.0465. The molecule has 1 aliphatic heterocycles. The van der Waals surface area contributed by atoms with Crippen LogP contribution in [0.3, 0.4) is 0 Å². The van der Waals surface area contributed by atoms with Gasteiger partial charge in [0, 0.05) is 44.5 Å². The van der Waals surface area contributed by atoms with E-state index in [0.717, 1.165) is 44.5 Å². The second kappa shape index (κ2) is 6.32. The molecular formula is C17H28N4. The van der Waals surface area contributed by atoms with Gasteiger partial charge in [-0.05, 0) is 30.9 Å². The first-order chi connectivity index (χ1) is 10.1. The molecule has 2 N–H and O–H groups in total. The largest absolute Gasteiger partial charge is 0.354 e. The predicted octanol–water partition coefficient (Wildman–Crippen LogP) is 2.11. The Morgan fingerprint density at radius 1 is 1.29 bits per heavy atom. The number of nitrogens with zero attached hydrogens (tertiary/aromatic N) is 3. The first-order valence-corrected chi connectivity index (χ1v) is 8.32. The van der Waals surface area contributed by atoms with Crippen molar-refractivity contribution in [2.45, 2.75) is 38.1 Å². The SMILES string of the molecule is CC1CCCC(N)(CN2CCN(c3ccccn3)CC2)C1. The zero-order valence-electron chi connectivity index (χ0n) is 13.2. The molecule has 0 radical (unpaired) electrons. The van der Waals surface area contributed by atoms with Gasteiger partial charge in [0.15, 0.2) is 0 Å². The Bertz CT molecular complexity index is 441. The molecule has 0 aromatic carbocycles. The van der Waals surface area contributed by atoms with Crippen molar-refractivity contribution in [3.63, 3.8) is 0 Å². The highest BCUT2D eigenvalue weighted by Gasteiger charge is 2.33. The second-order valence-corrected chi connectivity index (χ2v) is 7.02. The van der Waals surface area contributed by atoms with Crippen molar-refractivity contribution >= 4 is 5.82 Å². The van der Waals surface area contributed by atoms with Gasteiger partial charge in [0.1, 0.15) is 5.82 Å². The van der Waals surface area contributed by atoms with Gasteiger partial charge in [0.2, 0.25) is 0 Å². The maximum Gasteiger partial charge on any atom is 0.128 e. The third-order valence-electron chi connectivity index (χ3n) is 5.01. The summed E-state index contributed by atoms with van der Waals surface area (Å²) in [5.41, 5.74) is 6.70. The molecule has 1 aromatic rings. The Kier molecular flexibility index (Phi) is 4.45. The molecule has 2 aliphatic rings. The third kappa shape index (κ3) is 3.74. The van der Waals surface area contributed by atoms with Gasteiger partial charge in [-0.25, -0.2) is 4.98 Å². The lowest BCUT2D eigenvalue weighted by Crippen LogP contribution is -2.57. The molecule has 1 saturated carbocycles. The zero-order valence-corrected chi connectivity index (χ0v) is 13.2. The van der Waals surface area contributed by atoms with Crippen LogP contribution < -0.4 is 10.6 Å². The number of rotatable bonds is 3. The topological polar surface area (TPSA) is 45.4 Å². The van der Waals surface area contributed by atoms with E-state index >= 15 is 0 Å². The van der Waals surface area contributed by atoms with Crippen molar-refractivity contribution < 1.29 is 0 Å². The number of hydrogen-bond donors (Lipinski definition) is 1. The predicted molar refractivity (Wildman–Crippen MR) is 87.4 cm³/mol. The molecule has 3 rings (SSSR count). The van der Waals surface area contributed by atoms with E-state index < -0.39 is 0 Å². The molecule has 0 spiro atoms. The van der Waals surface area contributed by atoms with Crippen molar-refractivity contribution in [1.82, 2.24) is 9.88 Å². The third-order valence-corrected chi connectivity index (χ3v) is 5.01. The van der Waals surface area contributed by atoms with Crippen molar-refractivity contribution in [2.24, 2.45) is 11.7 Å². The summed E-state index contributed by atoms with van der Waals surface area (Å²) in [6, 6.07) is 6.14. The van der Waals surface area contributed by atoms with E-state index in [2.05, 4.69) is 33.8 Å². The highest BCUT2D eigenvalue weighted by atomic mass is 15.3. The highest BCUT2D eigenvalue weighted by molar-refractivity contribution is 5.38. The summed E-state index contributed by atoms with van der Waals surface area (Å²) in [6.07, 6.45) is 6.91. The maximum absolute atomic E-state index is 6.66. The van der Waals surface area contributed by atoms with E-state index in [1.165, 1.54) is 25.7 Å². The number of pyridine rings is 1. The van der Waals surface area contributed by atoms with Crippen LogP contribution >= 0.6 is 0 Å². The quantitative estimate of drug-likeness (QED) is 0.925. The summed E-state index contributed by atoms with van der Waals surface area (Å²) >= 11 is 0. The van der Waals surface area contributed by atoms with Crippen LogP contribution in [0.1, 0.15) is 32.6 Å².